The number of nitrogens with one attached hydrogen (secondary N) is 1. The number of H-pyrrole nitrogens is 1. The van der Waals surface area contributed by atoms with E-state index in [1.807, 2.05) is 13.1 Å². The highest BCUT2D eigenvalue weighted by Crippen LogP contribution is 2.51. The zero-order valence-electron chi connectivity index (χ0n) is 15.2. The Hall–Kier alpha value is -3.21. The molecule has 0 aliphatic heterocycles. The first kappa shape index (κ1) is 16.0. The number of benzene rings is 1. The van der Waals surface area contributed by atoms with Crippen LogP contribution in [0.3, 0.4) is 0 Å². The molecule has 0 radical (unpaired) electrons. The van der Waals surface area contributed by atoms with Crippen LogP contribution in [0.5, 0.6) is 0 Å². The van der Waals surface area contributed by atoms with Crippen LogP contribution in [0.1, 0.15) is 36.1 Å². The second-order valence-corrected chi connectivity index (χ2v) is 7.42. The molecule has 1 fully saturated rings. The van der Waals surface area contributed by atoms with Crippen molar-refractivity contribution in [3.8, 4) is 11.1 Å². The van der Waals surface area contributed by atoms with Crippen LogP contribution in [0.4, 0.5) is 5.95 Å². The molecular weight excluding hydrogens is 334 g/mol. The van der Waals surface area contributed by atoms with Crippen molar-refractivity contribution in [2.24, 2.45) is 0 Å². The summed E-state index contributed by atoms with van der Waals surface area (Å²) in [4.78, 5) is 16.0. The third-order valence-electron chi connectivity index (χ3n) is 5.87. The van der Waals surface area contributed by atoms with E-state index in [-0.39, 0.29) is 5.41 Å². The molecule has 0 unspecified atom stereocenters. The van der Waals surface area contributed by atoms with Crippen LogP contribution in [-0.2, 0) is 5.41 Å². The van der Waals surface area contributed by atoms with Crippen molar-refractivity contribution in [3.63, 3.8) is 0 Å². The molecule has 3 heterocycles. The predicted octanol–water partition coefficient (Wildman–Crippen LogP) is 4.38. The molecule has 5 nitrogen and oxygen atoms in total. The van der Waals surface area contributed by atoms with Crippen molar-refractivity contribution in [3.05, 3.63) is 71.9 Å². The first-order valence-corrected chi connectivity index (χ1v) is 9.28. The van der Waals surface area contributed by atoms with Crippen LogP contribution < -0.4 is 5.73 Å². The second-order valence-electron chi connectivity index (χ2n) is 7.42. The lowest BCUT2D eigenvalue weighted by molar-refractivity contribution is 0.304. The van der Waals surface area contributed by atoms with Crippen molar-refractivity contribution >= 4 is 16.9 Å². The second kappa shape index (κ2) is 5.91. The first-order valence-electron chi connectivity index (χ1n) is 9.28. The Labute approximate surface area is 157 Å². The lowest BCUT2D eigenvalue weighted by atomic mass is 9.60. The molecule has 5 rings (SSSR count). The van der Waals surface area contributed by atoms with Crippen molar-refractivity contribution in [2.75, 3.05) is 5.73 Å². The van der Waals surface area contributed by atoms with Crippen LogP contribution >= 0.6 is 0 Å². The first-order chi connectivity index (χ1) is 13.2. The summed E-state index contributed by atoms with van der Waals surface area (Å²) in [6.45, 7) is 2.05. The Morgan fingerprint density at radius 1 is 0.963 bits per heavy atom. The number of hydrogen-bond donors (Lipinski definition) is 2. The number of aromatic amines is 1. The molecular formula is C22H21N5. The summed E-state index contributed by atoms with van der Waals surface area (Å²) in [7, 11) is 0. The minimum atomic E-state index is 0.0855. The van der Waals surface area contributed by atoms with Gasteiger partial charge in [0.25, 0.3) is 0 Å². The summed E-state index contributed by atoms with van der Waals surface area (Å²) in [5.74, 6) is 0.299. The van der Waals surface area contributed by atoms with E-state index in [1.165, 1.54) is 35.8 Å². The number of pyridine rings is 1. The van der Waals surface area contributed by atoms with Crippen molar-refractivity contribution in [1.29, 1.82) is 0 Å². The van der Waals surface area contributed by atoms with Gasteiger partial charge in [-0.1, -0.05) is 30.7 Å². The number of hydrogen-bond acceptors (Lipinski definition) is 4. The monoisotopic (exact) mass is 355 g/mol. The van der Waals surface area contributed by atoms with Crippen LogP contribution in [0.2, 0.25) is 0 Å². The molecule has 0 amide bonds. The zero-order chi connectivity index (χ0) is 18.4. The molecule has 0 bridgehead atoms. The van der Waals surface area contributed by atoms with Crippen LogP contribution in [0.15, 0.2) is 55.1 Å². The Morgan fingerprint density at radius 3 is 2.37 bits per heavy atom. The Bertz CT molecular complexity index is 1110. The number of fused-ring (bicyclic) bond motifs is 1. The van der Waals surface area contributed by atoms with E-state index < -0.39 is 0 Å². The summed E-state index contributed by atoms with van der Waals surface area (Å²) in [6.07, 6.45) is 11.2. The van der Waals surface area contributed by atoms with Gasteiger partial charge >= 0.3 is 0 Å². The smallest absolute Gasteiger partial charge is 0.219 e. The van der Waals surface area contributed by atoms with E-state index in [0.29, 0.717) is 5.95 Å². The maximum absolute atomic E-state index is 5.59. The Kier molecular flexibility index (Phi) is 3.50. The van der Waals surface area contributed by atoms with Gasteiger partial charge in [0.05, 0.1) is 11.7 Å². The Morgan fingerprint density at radius 2 is 1.70 bits per heavy atom. The summed E-state index contributed by atoms with van der Waals surface area (Å²) in [5.41, 5.74) is 12.7. The highest BCUT2D eigenvalue weighted by molar-refractivity contribution is 5.85. The maximum Gasteiger partial charge on any atom is 0.219 e. The third-order valence-corrected chi connectivity index (χ3v) is 5.87. The van der Waals surface area contributed by atoms with E-state index in [2.05, 4.69) is 56.5 Å². The van der Waals surface area contributed by atoms with Gasteiger partial charge in [0, 0.05) is 40.6 Å². The van der Waals surface area contributed by atoms with E-state index >= 15 is 0 Å². The number of anilines is 1. The number of aromatic nitrogens is 4. The highest BCUT2D eigenvalue weighted by Gasteiger charge is 2.41. The van der Waals surface area contributed by atoms with Crippen molar-refractivity contribution < 1.29 is 0 Å². The molecule has 1 saturated carbocycles. The minimum absolute atomic E-state index is 0.0855. The molecule has 3 N–H and O–H groups in total. The fourth-order valence-corrected chi connectivity index (χ4v) is 4.23. The van der Waals surface area contributed by atoms with Crippen LogP contribution in [-0.4, -0.2) is 19.9 Å². The number of nitrogen functional groups attached to an aromatic ring is 1. The van der Waals surface area contributed by atoms with Gasteiger partial charge in [-0.3, -0.25) is 4.98 Å². The molecule has 1 aromatic carbocycles. The van der Waals surface area contributed by atoms with Gasteiger partial charge in [-0.05, 0) is 42.5 Å². The van der Waals surface area contributed by atoms with Gasteiger partial charge in [-0.2, -0.15) is 0 Å². The van der Waals surface area contributed by atoms with Gasteiger partial charge in [0.2, 0.25) is 5.95 Å². The van der Waals surface area contributed by atoms with E-state index in [4.69, 9.17) is 5.73 Å². The van der Waals surface area contributed by atoms with Gasteiger partial charge in [-0.25, -0.2) is 9.97 Å². The summed E-state index contributed by atoms with van der Waals surface area (Å²) in [6, 6.07) is 11.0. The van der Waals surface area contributed by atoms with Gasteiger partial charge < -0.3 is 10.7 Å². The standard InChI is InChI=1S/C22H21N5/c1-14-9-18-19(12-25-20(18)13-24-14)22(7-2-8-22)17-5-3-15(4-6-17)16-10-26-21(23)27-11-16/h3-6,9-13,25H,2,7-8H2,1H3,(H2,23,26,27). The SMILES string of the molecule is Cc1cc2c(C3(c4ccc(-c5cnc(N)nc5)cc4)CCC3)c[nH]c2cn1. The van der Waals surface area contributed by atoms with Crippen LogP contribution in [0, 0.1) is 6.92 Å². The molecule has 3 aromatic heterocycles. The van der Waals surface area contributed by atoms with Gasteiger partial charge in [0.1, 0.15) is 0 Å². The molecule has 0 saturated heterocycles. The average molecular weight is 355 g/mol. The largest absolute Gasteiger partial charge is 0.368 e. The van der Waals surface area contributed by atoms with E-state index in [9.17, 15) is 0 Å². The van der Waals surface area contributed by atoms with Gasteiger partial charge in [-0.15, -0.1) is 0 Å². The average Bonchev–Trinajstić information content (AvgIpc) is 3.06. The number of nitrogens with zero attached hydrogens (tertiary/aromatic N) is 3. The lowest BCUT2D eigenvalue weighted by Crippen LogP contribution is -2.35. The summed E-state index contributed by atoms with van der Waals surface area (Å²) in [5, 5.41) is 1.29. The topological polar surface area (TPSA) is 80.5 Å². The Balaban J connectivity index is 1.57. The fourth-order valence-electron chi connectivity index (χ4n) is 4.23. The fraction of sp³-hybridized carbons (Fsp3) is 0.227. The summed E-state index contributed by atoms with van der Waals surface area (Å²) < 4.78 is 0. The number of rotatable bonds is 3. The lowest BCUT2D eigenvalue weighted by Gasteiger charge is -2.43. The molecule has 27 heavy (non-hydrogen) atoms. The quantitative estimate of drug-likeness (QED) is 0.571. The number of nitrogens with two attached hydrogens (primary N) is 1. The van der Waals surface area contributed by atoms with Crippen LogP contribution in [0.25, 0.3) is 22.0 Å². The maximum atomic E-state index is 5.59. The molecule has 0 atom stereocenters. The minimum Gasteiger partial charge on any atom is -0.368 e. The third kappa shape index (κ3) is 2.50. The molecule has 0 spiro atoms. The molecule has 1 aliphatic carbocycles. The van der Waals surface area contributed by atoms with E-state index in [0.717, 1.165) is 22.3 Å². The highest BCUT2D eigenvalue weighted by atomic mass is 15.0. The van der Waals surface area contributed by atoms with Crippen molar-refractivity contribution in [1.82, 2.24) is 19.9 Å². The molecule has 4 aromatic rings. The molecule has 5 heteroatoms. The zero-order valence-corrected chi connectivity index (χ0v) is 15.2. The predicted molar refractivity (Wildman–Crippen MR) is 107 cm³/mol. The van der Waals surface area contributed by atoms with Crippen molar-refractivity contribution in [2.45, 2.75) is 31.6 Å². The van der Waals surface area contributed by atoms with E-state index in [1.54, 1.807) is 12.4 Å². The molecule has 1 aliphatic rings. The molecule has 134 valence electrons. The normalized spacial score (nSPS) is 15.6. The summed E-state index contributed by atoms with van der Waals surface area (Å²) >= 11 is 0. The van der Waals surface area contributed by atoms with Gasteiger partial charge in [0.15, 0.2) is 0 Å². The number of aryl methyl sites for hydroxylation is 1.